The Morgan fingerprint density at radius 1 is 1.05 bits per heavy atom. The van der Waals surface area contributed by atoms with E-state index in [4.69, 9.17) is 0 Å². The summed E-state index contributed by atoms with van der Waals surface area (Å²) in [6.45, 7) is 2.36. The molecular weight excluding hydrogens is 351 g/mol. The molecule has 1 unspecified atom stereocenters. The predicted octanol–water partition coefficient (Wildman–Crippen LogP) is -5.64. The van der Waals surface area contributed by atoms with Gasteiger partial charge in [-0.15, -0.1) is 0 Å². The molecule has 0 N–H and O–H groups in total. The van der Waals surface area contributed by atoms with Crippen LogP contribution in [0.4, 0.5) is 0 Å². The Bertz CT molecular complexity index is 446. The quantitative estimate of drug-likeness (QED) is 0.511. The van der Waals surface area contributed by atoms with Crippen molar-refractivity contribution in [2.75, 3.05) is 14.1 Å². The third-order valence-corrected chi connectivity index (χ3v) is 5.98. The fourth-order valence-corrected chi connectivity index (χ4v) is 4.15. The number of hydrogen-bond acceptors (Lipinski definition) is 1. The Morgan fingerprint density at radius 2 is 1.65 bits per heavy atom. The van der Waals surface area contributed by atoms with E-state index in [0.29, 0.717) is 0 Å². The van der Waals surface area contributed by atoms with E-state index in [2.05, 4.69) is 74.5 Å². The molecule has 0 heterocycles. The van der Waals surface area contributed by atoms with Gasteiger partial charge in [-0.2, -0.15) is 0 Å². The van der Waals surface area contributed by atoms with Gasteiger partial charge in [0.1, 0.15) is 0 Å². The fourth-order valence-electron chi connectivity index (χ4n) is 1.98. The van der Waals surface area contributed by atoms with E-state index < -0.39 is 0 Å². The Morgan fingerprint density at radius 3 is 2.10 bits per heavy atom. The van der Waals surface area contributed by atoms with Gasteiger partial charge in [0.25, 0.3) is 0 Å². The summed E-state index contributed by atoms with van der Waals surface area (Å²) in [6, 6.07) is 10.9. The minimum absolute atomic E-state index is 0. The SMILES string of the molecule is CN(C)[C](C)([V+3][C]1=CC=CC1)c1ccccc1.[Cl-].[Cl-].[Cl-]. The molecule has 0 fully saturated rings. The second kappa shape index (κ2) is 9.94. The molecule has 2 rings (SSSR count). The standard InChI is InChI=1S/C10H14N.C5H5.3ClH.V/c1-9(11(2)3)10-7-5-4-6-8-10;1-2-4-5-3-1;;;;/h4-8H,1-3H3;1-3H,4H2;3*1H;/q;;;;;+3/p-3. The first-order valence-electron chi connectivity index (χ1n) is 5.94. The number of allylic oxidation sites excluding steroid dienone is 4. The Hall–Kier alpha value is 0.114. The van der Waals surface area contributed by atoms with Crippen molar-refractivity contribution >= 4 is 0 Å². The maximum Gasteiger partial charge on any atom is -1.00 e. The molecule has 1 aliphatic carbocycles. The molecule has 1 nitrogen and oxygen atoms in total. The van der Waals surface area contributed by atoms with Gasteiger partial charge in [-0.05, 0) is 0 Å². The van der Waals surface area contributed by atoms with E-state index in [0.717, 1.165) is 6.42 Å². The van der Waals surface area contributed by atoms with Crippen LogP contribution in [0, 0.1) is 0 Å². The number of hydrogen-bond donors (Lipinski definition) is 0. The first kappa shape index (κ1) is 22.4. The number of nitrogens with zero attached hydrogens (tertiary/aromatic N) is 1. The van der Waals surface area contributed by atoms with Crippen molar-refractivity contribution in [3.63, 3.8) is 0 Å². The fraction of sp³-hybridized carbons (Fsp3) is 0.333. The minimum atomic E-state index is 0. The van der Waals surface area contributed by atoms with E-state index in [1.807, 2.05) is 0 Å². The predicted molar refractivity (Wildman–Crippen MR) is 69.3 cm³/mol. The molecule has 1 aliphatic rings. The molecule has 0 amide bonds. The molecular formula is C15H19Cl3NV. The molecule has 20 heavy (non-hydrogen) atoms. The first-order chi connectivity index (χ1) is 8.13. The van der Waals surface area contributed by atoms with E-state index >= 15 is 0 Å². The van der Waals surface area contributed by atoms with Crippen molar-refractivity contribution in [3.8, 4) is 0 Å². The molecule has 110 valence electrons. The van der Waals surface area contributed by atoms with Crippen LogP contribution in [0.1, 0.15) is 18.9 Å². The zero-order valence-electron chi connectivity index (χ0n) is 11.9. The molecule has 0 radical (unpaired) electrons. The van der Waals surface area contributed by atoms with Crippen LogP contribution in [0.25, 0.3) is 0 Å². The average Bonchev–Trinajstić information content (AvgIpc) is 2.82. The Kier molecular flexibility index (Phi) is 11.1. The van der Waals surface area contributed by atoms with Crippen LogP contribution in [-0.4, -0.2) is 19.0 Å². The van der Waals surface area contributed by atoms with E-state index in [1.54, 1.807) is 4.28 Å². The van der Waals surface area contributed by atoms with Crippen LogP contribution in [0.5, 0.6) is 0 Å². The van der Waals surface area contributed by atoms with E-state index in [9.17, 15) is 0 Å². The van der Waals surface area contributed by atoms with Crippen LogP contribution < -0.4 is 37.2 Å². The van der Waals surface area contributed by atoms with Gasteiger partial charge in [0.15, 0.2) is 0 Å². The average molecular weight is 371 g/mol. The summed E-state index contributed by atoms with van der Waals surface area (Å²) in [7, 11) is 4.37. The molecule has 0 bridgehead atoms. The van der Waals surface area contributed by atoms with Gasteiger partial charge in [0.2, 0.25) is 0 Å². The maximum atomic E-state index is 2.36. The van der Waals surface area contributed by atoms with Crippen molar-refractivity contribution in [1.82, 2.24) is 4.90 Å². The van der Waals surface area contributed by atoms with Crippen LogP contribution >= 0.6 is 0 Å². The summed E-state index contributed by atoms with van der Waals surface area (Å²) in [5.41, 5.74) is 1.43. The van der Waals surface area contributed by atoms with Crippen LogP contribution in [0.15, 0.2) is 52.8 Å². The topological polar surface area (TPSA) is 3.24 Å². The molecule has 1 aromatic rings. The van der Waals surface area contributed by atoms with Gasteiger partial charge in [0, 0.05) is 0 Å². The summed E-state index contributed by atoms with van der Waals surface area (Å²) >= 11 is 0.142. The second-order valence-electron chi connectivity index (χ2n) is 4.68. The third-order valence-electron chi connectivity index (χ3n) is 3.30. The third kappa shape index (κ3) is 5.14. The molecule has 0 aromatic heterocycles. The van der Waals surface area contributed by atoms with Gasteiger partial charge in [-0.1, -0.05) is 0 Å². The van der Waals surface area contributed by atoms with Crippen molar-refractivity contribution in [2.24, 2.45) is 0 Å². The van der Waals surface area contributed by atoms with Crippen LogP contribution in [0.2, 0.25) is 0 Å². The molecule has 5 heteroatoms. The van der Waals surface area contributed by atoms with Crippen molar-refractivity contribution in [1.29, 1.82) is 0 Å². The van der Waals surface area contributed by atoms with Crippen molar-refractivity contribution in [2.45, 2.75) is 17.6 Å². The smallest absolute Gasteiger partial charge is 1.00 e. The monoisotopic (exact) mass is 369 g/mol. The molecule has 0 saturated carbocycles. The van der Waals surface area contributed by atoms with Gasteiger partial charge in [0.05, 0.1) is 0 Å². The van der Waals surface area contributed by atoms with Gasteiger partial charge in [-0.3, -0.25) is 0 Å². The summed E-state index contributed by atoms with van der Waals surface area (Å²) in [4.78, 5) is 2.36. The summed E-state index contributed by atoms with van der Waals surface area (Å²) in [6.07, 6.45) is 7.89. The zero-order chi connectivity index (χ0) is 12.3. The molecule has 1 aromatic carbocycles. The van der Waals surface area contributed by atoms with E-state index in [1.165, 1.54) is 5.56 Å². The zero-order valence-corrected chi connectivity index (χ0v) is 15.5. The summed E-state index contributed by atoms with van der Waals surface area (Å²) in [5.74, 6) is 0. The van der Waals surface area contributed by atoms with Gasteiger partial charge < -0.3 is 37.2 Å². The van der Waals surface area contributed by atoms with Gasteiger partial charge in [-0.25, -0.2) is 0 Å². The Labute approximate surface area is 148 Å². The molecule has 1 atom stereocenters. The Balaban J connectivity index is 0. The minimum Gasteiger partial charge on any atom is -1.00 e. The van der Waals surface area contributed by atoms with E-state index in [-0.39, 0.29) is 57.8 Å². The molecule has 0 spiro atoms. The van der Waals surface area contributed by atoms with Crippen molar-refractivity contribution in [3.05, 3.63) is 58.4 Å². The van der Waals surface area contributed by atoms with Crippen molar-refractivity contribution < 1.29 is 53.5 Å². The summed E-state index contributed by atoms with van der Waals surface area (Å²) in [5, 5.41) is 0. The number of benzene rings is 1. The number of rotatable bonds is 4. The van der Waals surface area contributed by atoms with Crippen LogP contribution in [0.3, 0.4) is 0 Å². The van der Waals surface area contributed by atoms with Gasteiger partial charge >= 0.3 is 111 Å². The maximum absolute atomic E-state index is 2.36. The van der Waals surface area contributed by atoms with Crippen LogP contribution in [-0.2, 0) is 20.5 Å². The first-order valence-corrected chi connectivity index (χ1v) is 7.34. The normalized spacial score (nSPS) is 15.1. The molecule has 0 saturated heterocycles. The largest absolute Gasteiger partial charge is 1.00 e. The molecule has 0 aliphatic heterocycles. The second-order valence-corrected chi connectivity index (χ2v) is 7.29. The number of halogens is 3. The summed E-state index contributed by atoms with van der Waals surface area (Å²) < 4.78 is 1.79.